The largest absolute Gasteiger partial charge is 0.324 e. The molecule has 6 heteroatoms. The highest BCUT2D eigenvalue weighted by Gasteiger charge is 2.12. The Labute approximate surface area is 151 Å². The van der Waals surface area contributed by atoms with Gasteiger partial charge in [0.05, 0.1) is 22.3 Å². The number of carbonyl (C=O) groups excluding carboxylic acids is 1. The summed E-state index contributed by atoms with van der Waals surface area (Å²) >= 11 is 13.8. The summed E-state index contributed by atoms with van der Waals surface area (Å²) in [6.45, 7) is 0.822. The molecule has 2 aromatic rings. The Morgan fingerprint density at radius 2 is 1.91 bits per heavy atom. The second-order valence-corrected chi connectivity index (χ2v) is 6.77. The monoisotopic (exact) mass is 368 g/mol. The highest BCUT2D eigenvalue weighted by molar-refractivity contribution is 7.98. The van der Waals surface area contributed by atoms with Crippen molar-refractivity contribution in [2.45, 2.75) is 11.4 Å². The van der Waals surface area contributed by atoms with Crippen molar-refractivity contribution in [3.8, 4) is 0 Å². The van der Waals surface area contributed by atoms with Crippen LogP contribution in [0.2, 0.25) is 10.0 Å². The first-order valence-electron chi connectivity index (χ1n) is 7.05. The number of rotatable bonds is 6. The molecule has 0 bridgehead atoms. The maximum absolute atomic E-state index is 12.2. The predicted molar refractivity (Wildman–Crippen MR) is 99.6 cm³/mol. The van der Waals surface area contributed by atoms with Crippen molar-refractivity contribution in [3.63, 3.8) is 0 Å². The van der Waals surface area contributed by atoms with Crippen LogP contribution >= 0.6 is 35.0 Å². The van der Waals surface area contributed by atoms with E-state index in [0.29, 0.717) is 16.6 Å². The number of para-hydroxylation sites is 1. The Morgan fingerprint density at radius 3 is 2.65 bits per heavy atom. The Morgan fingerprint density at radius 1 is 1.17 bits per heavy atom. The molecule has 0 heterocycles. The van der Waals surface area contributed by atoms with E-state index in [1.165, 1.54) is 0 Å². The standard InChI is InChI=1S/C17H18Cl2N2OS/c1-21(10-12-6-5-7-13(18)17(12)19)11-16(22)20-14-8-3-4-9-15(14)23-2/h3-9H,10-11H2,1-2H3,(H,20,22). The van der Waals surface area contributed by atoms with Crippen LogP contribution in [-0.2, 0) is 11.3 Å². The van der Waals surface area contributed by atoms with E-state index in [9.17, 15) is 4.79 Å². The summed E-state index contributed by atoms with van der Waals surface area (Å²) in [6, 6.07) is 13.3. The van der Waals surface area contributed by atoms with Gasteiger partial charge in [0, 0.05) is 11.4 Å². The zero-order valence-corrected chi connectivity index (χ0v) is 15.3. The molecular formula is C17H18Cl2N2OS. The van der Waals surface area contributed by atoms with Crippen LogP contribution < -0.4 is 5.32 Å². The molecule has 0 spiro atoms. The lowest BCUT2D eigenvalue weighted by molar-refractivity contribution is -0.117. The minimum atomic E-state index is -0.0628. The van der Waals surface area contributed by atoms with Crippen LogP contribution in [0.4, 0.5) is 5.69 Å². The number of nitrogens with zero attached hydrogens (tertiary/aromatic N) is 1. The number of nitrogens with one attached hydrogen (secondary N) is 1. The third-order valence-electron chi connectivity index (χ3n) is 3.27. The van der Waals surface area contributed by atoms with Crippen molar-refractivity contribution in [1.29, 1.82) is 0 Å². The number of hydrogen-bond donors (Lipinski definition) is 1. The fourth-order valence-electron chi connectivity index (χ4n) is 2.20. The van der Waals surface area contributed by atoms with Crippen molar-refractivity contribution in [1.82, 2.24) is 4.90 Å². The first-order chi connectivity index (χ1) is 11.0. The molecule has 23 heavy (non-hydrogen) atoms. The van der Waals surface area contributed by atoms with E-state index < -0.39 is 0 Å². The number of thioether (sulfide) groups is 1. The van der Waals surface area contributed by atoms with Crippen LogP contribution in [0.15, 0.2) is 47.4 Å². The van der Waals surface area contributed by atoms with Gasteiger partial charge in [0.25, 0.3) is 0 Å². The van der Waals surface area contributed by atoms with Crippen LogP contribution in [0.25, 0.3) is 0 Å². The first kappa shape index (κ1) is 18.1. The average molecular weight is 369 g/mol. The molecule has 2 rings (SSSR count). The van der Waals surface area contributed by atoms with Crippen molar-refractivity contribution in [2.75, 3.05) is 25.2 Å². The molecular weight excluding hydrogens is 351 g/mol. The van der Waals surface area contributed by atoms with E-state index >= 15 is 0 Å². The maximum Gasteiger partial charge on any atom is 0.238 e. The summed E-state index contributed by atoms with van der Waals surface area (Å²) in [4.78, 5) is 15.2. The van der Waals surface area contributed by atoms with Gasteiger partial charge in [-0.15, -0.1) is 11.8 Å². The smallest absolute Gasteiger partial charge is 0.238 e. The van der Waals surface area contributed by atoms with Gasteiger partial charge in [-0.25, -0.2) is 0 Å². The van der Waals surface area contributed by atoms with Gasteiger partial charge in [-0.1, -0.05) is 47.5 Å². The Hall–Kier alpha value is -1.20. The van der Waals surface area contributed by atoms with E-state index in [-0.39, 0.29) is 12.5 Å². The molecule has 1 N–H and O–H groups in total. The fourth-order valence-corrected chi connectivity index (χ4v) is 3.13. The molecule has 0 aliphatic rings. The van der Waals surface area contributed by atoms with Crippen molar-refractivity contribution >= 4 is 46.6 Å². The van der Waals surface area contributed by atoms with Crippen LogP contribution in [0, 0.1) is 0 Å². The SMILES string of the molecule is CSc1ccccc1NC(=O)CN(C)Cc1cccc(Cl)c1Cl. The lowest BCUT2D eigenvalue weighted by atomic mass is 10.2. The number of benzene rings is 2. The van der Waals surface area contributed by atoms with Gasteiger partial charge >= 0.3 is 0 Å². The number of hydrogen-bond acceptors (Lipinski definition) is 3. The molecule has 0 aromatic heterocycles. The molecule has 0 radical (unpaired) electrons. The van der Waals surface area contributed by atoms with Gasteiger partial charge in [0.1, 0.15) is 0 Å². The molecule has 0 fully saturated rings. The Balaban J connectivity index is 1.96. The zero-order chi connectivity index (χ0) is 16.8. The molecule has 0 saturated heterocycles. The van der Waals surface area contributed by atoms with Crippen LogP contribution in [-0.4, -0.2) is 30.7 Å². The van der Waals surface area contributed by atoms with Gasteiger partial charge in [-0.2, -0.15) is 0 Å². The number of carbonyl (C=O) groups is 1. The van der Waals surface area contributed by atoms with Crippen LogP contribution in [0.5, 0.6) is 0 Å². The first-order valence-corrected chi connectivity index (χ1v) is 9.03. The summed E-state index contributed by atoms with van der Waals surface area (Å²) in [5.74, 6) is -0.0628. The second kappa shape index (κ2) is 8.60. The van der Waals surface area contributed by atoms with Gasteiger partial charge < -0.3 is 5.32 Å². The molecule has 0 saturated carbocycles. The number of amides is 1. The average Bonchev–Trinajstić information content (AvgIpc) is 2.52. The lowest BCUT2D eigenvalue weighted by Gasteiger charge is -2.18. The fraction of sp³-hybridized carbons (Fsp3) is 0.235. The highest BCUT2D eigenvalue weighted by atomic mass is 35.5. The highest BCUT2D eigenvalue weighted by Crippen LogP contribution is 2.26. The van der Waals surface area contributed by atoms with E-state index in [0.717, 1.165) is 16.1 Å². The Kier molecular flexibility index (Phi) is 6.78. The van der Waals surface area contributed by atoms with Gasteiger partial charge in [0.15, 0.2) is 0 Å². The number of halogens is 2. The molecule has 0 aliphatic carbocycles. The topological polar surface area (TPSA) is 32.3 Å². The van der Waals surface area contributed by atoms with Crippen molar-refractivity contribution in [3.05, 3.63) is 58.1 Å². The van der Waals surface area contributed by atoms with Crippen LogP contribution in [0.3, 0.4) is 0 Å². The van der Waals surface area contributed by atoms with E-state index in [2.05, 4.69) is 5.32 Å². The number of likely N-dealkylation sites (N-methyl/N-ethyl adjacent to an activating group) is 1. The summed E-state index contributed by atoms with van der Waals surface area (Å²) in [6.07, 6.45) is 1.98. The van der Waals surface area contributed by atoms with Crippen molar-refractivity contribution in [2.24, 2.45) is 0 Å². The third kappa shape index (κ3) is 5.15. The predicted octanol–water partition coefficient (Wildman–Crippen LogP) is 4.79. The van der Waals surface area contributed by atoms with E-state index in [1.54, 1.807) is 17.8 Å². The minimum Gasteiger partial charge on any atom is -0.324 e. The number of anilines is 1. The summed E-state index contributed by atoms with van der Waals surface area (Å²) < 4.78 is 0. The Bertz CT molecular complexity index is 694. The molecule has 3 nitrogen and oxygen atoms in total. The van der Waals surface area contributed by atoms with E-state index in [4.69, 9.17) is 23.2 Å². The maximum atomic E-state index is 12.2. The van der Waals surface area contributed by atoms with Gasteiger partial charge in [-0.05, 0) is 37.1 Å². The third-order valence-corrected chi connectivity index (χ3v) is 4.92. The second-order valence-electron chi connectivity index (χ2n) is 5.13. The molecule has 0 unspecified atom stereocenters. The summed E-state index contributed by atoms with van der Waals surface area (Å²) in [5.41, 5.74) is 1.73. The molecule has 2 aromatic carbocycles. The van der Waals surface area contributed by atoms with Crippen molar-refractivity contribution < 1.29 is 4.79 Å². The van der Waals surface area contributed by atoms with Gasteiger partial charge in [-0.3, -0.25) is 9.69 Å². The normalized spacial score (nSPS) is 10.8. The van der Waals surface area contributed by atoms with Gasteiger partial charge in [0.2, 0.25) is 5.91 Å². The lowest BCUT2D eigenvalue weighted by Crippen LogP contribution is -2.30. The molecule has 122 valence electrons. The zero-order valence-electron chi connectivity index (χ0n) is 13.0. The molecule has 0 aliphatic heterocycles. The van der Waals surface area contributed by atoms with Crippen LogP contribution in [0.1, 0.15) is 5.56 Å². The summed E-state index contributed by atoms with van der Waals surface area (Å²) in [5, 5.41) is 4.00. The molecule has 0 atom stereocenters. The summed E-state index contributed by atoms with van der Waals surface area (Å²) in [7, 11) is 1.87. The quantitative estimate of drug-likeness (QED) is 0.744. The molecule has 1 amide bonds. The van der Waals surface area contributed by atoms with E-state index in [1.807, 2.05) is 54.6 Å². The minimum absolute atomic E-state index is 0.0628.